The topological polar surface area (TPSA) is 24.1 Å². The van der Waals surface area contributed by atoms with Gasteiger partial charge in [0.05, 0.1) is 0 Å². The van der Waals surface area contributed by atoms with E-state index < -0.39 is 0 Å². The van der Waals surface area contributed by atoms with Crippen LogP contribution in [0.2, 0.25) is 0 Å². The predicted octanol–water partition coefficient (Wildman–Crippen LogP) is 2.93. The van der Waals surface area contributed by atoms with E-state index in [1.54, 1.807) is 0 Å². The maximum Gasteiger partial charge on any atom is 0.0144 e. The third-order valence-electron chi connectivity index (χ3n) is 2.24. The molecule has 0 bridgehead atoms. The maximum atomic E-state index is 3.61. The summed E-state index contributed by atoms with van der Waals surface area (Å²) >= 11 is 0. The highest BCUT2D eigenvalue weighted by molar-refractivity contribution is 4.91. The number of rotatable bonds is 6. The average Bonchev–Trinajstić information content (AvgIpc) is 1.73. The van der Waals surface area contributed by atoms with Crippen molar-refractivity contribution in [1.29, 1.82) is 0 Å². The molecule has 2 nitrogen and oxygen atoms in total. The molecule has 0 heterocycles. The smallest absolute Gasteiger partial charge is 0.0144 e. The fraction of sp³-hybridized carbons (Fsp3) is 1.00. The summed E-state index contributed by atoms with van der Waals surface area (Å²) in [6.45, 7) is 17.9. The van der Waals surface area contributed by atoms with Crippen LogP contribution in [0.25, 0.3) is 0 Å². The summed E-state index contributed by atoms with van der Waals surface area (Å²) in [7, 11) is 0. The van der Waals surface area contributed by atoms with Crippen LogP contribution in [0.1, 0.15) is 61.8 Å². The molecule has 0 aliphatic rings. The summed E-state index contributed by atoms with van der Waals surface area (Å²) in [5, 5.41) is 7.22. The van der Waals surface area contributed by atoms with Gasteiger partial charge in [-0.2, -0.15) is 0 Å². The Morgan fingerprint density at radius 3 is 1.20 bits per heavy atom. The van der Waals surface area contributed by atoms with Crippen LogP contribution in [-0.2, 0) is 0 Å². The molecule has 0 aliphatic heterocycles. The molecule has 0 aromatic heterocycles. The van der Waals surface area contributed by atoms with E-state index in [0.29, 0.717) is 12.1 Å². The summed E-state index contributed by atoms with van der Waals surface area (Å²) in [5.74, 6) is 0. The first-order valence-electron chi connectivity index (χ1n) is 6.09. The van der Waals surface area contributed by atoms with Gasteiger partial charge in [-0.15, -0.1) is 0 Å². The Morgan fingerprint density at radius 2 is 1.00 bits per heavy atom. The first kappa shape index (κ1) is 14.9. The minimum Gasteiger partial charge on any atom is -0.310 e. The Balaban J connectivity index is 4.29. The zero-order valence-corrected chi connectivity index (χ0v) is 11.9. The molecule has 2 N–H and O–H groups in total. The van der Waals surface area contributed by atoms with Crippen LogP contribution in [0.5, 0.6) is 0 Å². The molecule has 2 heteroatoms. The van der Waals surface area contributed by atoms with Gasteiger partial charge in [0.25, 0.3) is 0 Å². The minimum atomic E-state index is 0.180. The van der Waals surface area contributed by atoms with Crippen molar-refractivity contribution in [3.05, 3.63) is 0 Å². The molecule has 0 aromatic rings. The normalized spacial score (nSPS) is 14.0. The Morgan fingerprint density at radius 1 is 0.733 bits per heavy atom. The minimum absolute atomic E-state index is 0.180. The Kier molecular flexibility index (Phi) is 5.28. The second kappa shape index (κ2) is 5.31. The average molecular weight is 214 g/mol. The largest absolute Gasteiger partial charge is 0.310 e. The molecule has 0 aromatic carbocycles. The molecule has 0 atom stereocenters. The van der Waals surface area contributed by atoms with Crippen molar-refractivity contribution in [2.75, 3.05) is 0 Å². The van der Waals surface area contributed by atoms with E-state index in [1.807, 2.05) is 0 Å². The van der Waals surface area contributed by atoms with Crippen LogP contribution in [0.4, 0.5) is 0 Å². The van der Waals surface area contributed by atoms with Crippen molar-refractivity contribution >= 4 is 0 Å². The molecule has 0 unspecified atom stereocenters. The molecule has 0 rings (SSSR count). The van der Waals surface area contributed by atoms with Crippen molar-refractivity contribution in [1.82, 2.24) is 10.6 Å². The molecule has 15 heavy (non-hydrogen) atoms. The summed E-state index contributed by atoms with van der Waals surface area (Å²) in [6.07, 6.45) is 1.12. The lowest BCUT2D eigenvalue weighted by atomic mass is 9.86. The summed E-state index contributed by atoms with van der Waals surface area (Å²) in [5.41, 5.74) is 0.360. The van der Waals surface area contributed by atoms with E-state index in [0.717, 1.165) is 6.42 Å². The van der Waals surface area contributed by atoms with Crippen LogP contribution in [0.3, 0.4) is 0 Å². The Bertz CT molecular complexity index is 161. The third kappa shape index (κ3) is 7.80. The molecule has 0 radical (unpaired) electrons. The zero-order valence-electron chi connectivity index (χ0n) is 11.9. The molecule has 0 fully saturated rings. The lowest BCUT2D eigenvalue weighted by Gasteiger charge is -2.38. The highest BCUT2D eigenvalue weighted by Crippen LogP contribution is 2.20. The predicted molar refractivity (Wildman–Crippen MR) is 69.3 cm³/mol. The quantitative estimate of drug-likeness (QED) is 0.710. The van der Waals surface area contributed by atoms with Crippen LogP contribution in [0, 0.1) is 0 Å². The van der Waals surface area contributed by atoms with Crippen molar-refractivity contribution in [2.24, 2.45) is 0 Å². The molecule has 0 saturated carbocycles. The zero-order chi connectivity index (χ0) is 12.3. The summed E-state index contributed by atoms with van der Waals surface area (Å²) < 4.78 is 0. The van der Waals surface area contributed by atoms with E-state index in [4.69, 9.17) is 0 Å². The van der Waals surface area contributed by atoms with Gasteiger partial charge in [0, 0.05) is 23.2 Å². The number of nitrogens with one attached hydrogen (secondary N) is 2. The van der Waals surface area contributed by atoms with E-state index in [9.17, 15) is 0 Å². The van der Waals surface area contributed by atoms with Gasteiger partial charge in [0.1, 0.15) is 0 Å². The van der Waals surface area contributed by atoms with Crippen LogP contribution in [0.15, 0.2) is 0 Å². The van der Waals surface area contributed by atoms with Crippen molar-refractivity contribution < 1.29 is 0 Å². The van der Waals surface area contributed by atoms with Gasteiger partial charge in [0.15, 0.2) is 0 Å². The number of hydrogen-bond acceptors (Lipinski definition) is 2. The SMILES string of the molecule is CC(C)NC(C)(C)CC(C)(C)NC(C)C. The maximum absolute atomic E-state index is 3.61. The standard InChI is InChI=1S/C13H30N2/c1-10(2)14-12(5,6)9-13(7,8)15-11(3)4/h10-11,14-15H,9H2,1-8H3. The van der Waals surface area contributed by atoms with Crippen LogP contribution >= 0.6 is 0 Å². The number of hydrogen-bond donors (Lipinski definition) is 2. The monoisotopic (exact) mass is 214 g/mol. The molecule has 0 amide bonds. The van der Waals surface area contributed by atoms with Crippen LogP contribution in [-0.4, -0.2) is 23.2 Å². The lowest BCUT2D eigenvalue weighted by Crippen LogP contribution is -2.53. The van der Waals surface area contributed by atoms with Crippen molar-refractivity contribution in [3.8, 4) is 0 Å². The molecule has 0 spiro atoms. The fourth-order valence-electron chi connectivity index (χ4n) is 2.77. The van der Waals surface area contributed by atoms with Gasteiger partial charge < -0.3 is 10.6 Å². The molecular weight excluding hydrogens is 184 g/mol. The second-order valence-corrected chi connectivity index (χ2v) is 6.54. The Hall–Kier alpha value is -0.0800. The van der Waals surface area contributed by atoms with Gasteiger partial charge in [-0.3, -0.25) is 0 Å². The second-order valence-electron chi connectivity index (χ2n) is 6.54. The summed E-state index contributed by atoms with van der Waals surface area (Å²) in [6, 6.07) is 1.07. The van der Waals surface area contributed by atoms with Crippen molar-refractivity contribution in [2.45, 2.75) is 85.0 Å². The lowest BCUT2D eigenvalue weighted by molar-refractivity contribution is 0.227. The van der Waals surface area contributed by atoms with E-state index in [2.05, 4.69) is 66.0 Å². The third-order valence-corrected chi connectivity index (χ3v) is 2.24. The first-order chi connectivity index (χ1) is 6.54. The molecular formula is C13H30N2. The van der Waals surface area contributed by atoms with E-state index in [1.165, 1.54) is 0 Å². The van der Waals surface area contributed by atoms with Gasteiger partial charge in [0.2, 0.25) is 0 Å². The van der Waals surface area contributed by atoms with Crippen molar-refractivity contribution in [3.63, 3.8) is 0 Å². The van der Waals surface area contributed by atoms with Gasteiger partial charge >= 0.3 is 0 Å². The Labute approximate surface area is 96.2 Å². The molecule has 0 saturated heterocycles. The van der Waals surface area contributed by atoms with E-state index >= 15 is 0 Å². The first-order valence-corrected chi connectivity index (χ1v) is 6.09. The molecule has 92 valence electrons. The van der Waals surface area contributed by atoms with E-state index in [-0.39, 0.29) is 11.1 Å². The molecule has 0 aliphatic carbocycles. The van der Waals surface area contributed by atoms with Crippen LogP contribution < -0.4 is 10.6 Å². The van der Waals surface area contributed by atoms with Gasteiger partial charge in [-0.05, 0) is 34.1 Å². The van der Waals surface area contributed by atoms with Gasteiger partial charge in [-0.1, -0.05) is 27.7 Å². The summed E-state index contributed by atoms with van der Waals surface area (Å²) in [4.78, 5) is 0. The highest BCUT2D eigenvalue weighted by atomic mass is 15.0. The fourth-order valence-corrected chi connectivity index (χ4v) is 2.77. The van der Waals surface area contributed by atoms with Gasteiger partial charge in [-0.25, -0.2) is 0 Å². The highest BCUT2D eigenvalue weighted by Gasteiger charge is 2.29.